The first-order valence-corrected chi connectivity index (χ1v) is 11.6. The Morgan fingerprint density at radius 2 is 1.90 bits per heavy atom. The molecule has 0 fully saturated rings. The number of carbonyl (C=O) groups is 1. The third-order valence-electron chi connectivity index (χ3n) is 4.87. The molecule has 0 amide bonds. The number of rotatable bonds is 4. The molecule has 31 heavy (non-hydrogen) atoms. The van der Waals surface area contributed by atoms with Crippen LogP contribution in [0.15, 0.2) is 74.1 Å². The maximum Gasteiger partial charge on any atom is 0.338 e. The molecule has 1 aromatic heterocycles. The first-order valence-electron chi connectivity index (χ1n) is 9.59. The summed E-state index contributed by atoms with van der Waals surface area (Å²) in [6.45, 7) is 3.77. The van der Waals surface area contributed by atoms with E-state index in [0.717, 1.165) is 15.6 Å². The second-order valence-corrected chi connectivity index (χ2v) is 9.27. The predicted molar refractivity (Wildman–Crippen MR) is 126 cm³/mol. The van der Waals surface area contributed by atoms with Gasteiger partial charge in [0.2, 0.25) is 0 Å². The highest BCUT2D eigenvalue weighted by Gasteiger charge is 2.33. The summed E-state index contributed by atoms with van der Waals surface area (Å²) in [6.07, 6.45) is 1.81. The molecule has 1 aliphatic rings. The fourth-order valence-electron chi connectivity index (χ4n) is 3.46. The second kappa shape index (κ2) is 8.94. The van der Waals surface area contributed by atoms with E-state index in [4.69, 9.17) is 16.3 Å². The number of esters is 1. The van der Waals surface area contributed by atoms with Gasteiger partial charge in [0.25, 0.3) is 5.56 Å². The largest absolute Gasteiger partial charge is 0.463 e. The Hall–Kier alpha value is -2.48. The summed E-state index contributed by atoms with van der Waals surface area (Å²) in [5.41, 5.74) is 2.37. The van der Waals surface area contributed by atoms with Crippen LogP contribution in [0.5, 0.6) is 0 Å². The summed E-state index contributed by atoms with van der Waals surface area (Å²) in [7, 11) is 0. The highest BCUT2D eigenvalue weighted by atomic mass is 79.9. The summed E-state index contributed by atoms with van der Waals surface area (Å²) in [5.74, 6) is -0.469. The quantitative estimate of drug-likeness (QED) is 0.487. The molecular weight excluding hydrogens is 500 g/mol. The molecule has 0 saturated heterocycles. The van der Waals surface area contributed by atoms with Crippen LogP contribution in [-0.4, -0.2) is 17.1 Å². The van der Waals surface area contributed by atoms with E-state index in [-0.39, 0.29) is 12.2 Å². The number of fused-ring (bicyclic) bond motifs is 1. The van der Waals surface area contributed by atoms with Crippen molar-refractivity contribution >= 4 is 50.9 Å². The Morgan fingerprint density at radius 1 is 1.23 bits per heavy atom. The lowest BCUT2D eigenvalue weighted by atomic mass is 9.96. The molecule has 4 rings (SSSR count). The van der Waals surface area contributed by atoms with Crippen molar-refractivity contribution in [2.24, 2.45) is 4.99 Å². The van der Waals surface area contributed by atoms with Gasteiger partial charge in [-0.15, -0.1) is 0 Å². The third kappa shape index (κ3) is 4.31. The van der Waals surface area contributed by atoms with Crippen molar-refractivity contribution < 1.29 is 9.53 Å². The van der Waals surface area contributed by atoms with Crippen molar-refractivity contribution in [2.75, 3.05) is 6.61 Å². The van der Waals surface area contributed by atoms with Gasteiger partial charge in [-0.3, -0.25) is 9.36 Å². The molecule has 8 heteroatoms. The van der Waals surface area contributed by atoms with Crippen LogP contribution in [0.1, 0.15) is 31.0 Å². The molecule has 0 saturated carbocycles. The molecule has 0 N–H and O–H groups in total. The van der Waals surface area contributed by atoms with Crippen LogP contribution in [0.25, 0.3) is 6.08 Å². The highest BCUT2D eigenvalue weighted by molar-refractivity contribution is 9.10. The van der Waals surface area contributed by atoms with Crippen molar-refractivity contribution in [3.8, 4) is 0 Å². The standard InChI is InChI=1S/C23H18BrClN2O3S/c1-3-30-22(29)19-13(2)26-23-27(20(19)15-6-8-16(24)9-7-15)21(28)18(31-23)12-14-4-10-17(25)11-5-14/h4-12,20H,3H2,1-2H3/b18-12-. The first kappa shape index (κ1) is 21.7. The van der Waals surface area contributed by atoms with Gasteiger partial charge in [0, 0.05) is 9.50 Å². The molecule has 0 bridgehead atoms. The molecule has 1 atom stereocenters. The number of hydrogen-bond acceptors (Lipinski definition) is 5. The Balaban J connectivity index is 1.94. The molecule has 2 aromatic carbocycles. The number of halogens is 2. The summed E-state index contributed by atoms with van der Waals surface area (Å²) in [6, 6.07) is 14.2. The zero-order valence-electron chi connectivity index (χ0n) is 16.8. The van der Waals surface area contributed by atoms with Crippen molar-refractivity contribution in [1.29, 1.82) is 0 Å². The van der Waals surface area contributed by atoms with Gasteiger partial charge in [-0.2, -0.15) is 0 Å². The fraction of sp³-hybridized carbons (Fsp3) is 0.174. The zero-order chi connectivity index (χ0) is 22.1. The average molecular weight is 518 g/mol. The van der Waals surface area contributed by atoms with Gasteiger partial charge in [-0.1, -0.05) is 63.1 Å². The monoisotopic (exact) mass is 516 g/mol. The van der Waals surface area contributed by atoms with Crippen LogP contribution in [0.2, 0.25) is 5.02 Å². The number of carbonyl (C=O) groups excluding carboxylic acids is 1. The molecule has 0 aliphatic carbocycles. The van der Waals surface area contributed by atoms with Gasteiger partial charge in [0.15, 0.2) is 4.80 Å². The SMILES string of the molecule is CCOC(=O)C1=C(C)N=c2s/c(=C\c3ccc(Cl)cc3)c(=O)n2C1c1ccc(Br)cc1. The van der Waals surface area contributed by atoms with E-state index < -0.39 is 12.0 Å². The van der Waals surface area contributed by atoms with Gasteiger partial charge >= 0.3 is 5.97 Å². The highest BCUT2D eigenvalue weighted by Crippen LogP contribution is 2.31. The van der Waals surface area contributed by atoms with E-state index in [0.29, 0.717) is 25.6 Å². The molecule has 0 radical (unpaired) electrons. The summed E-state index contributed by atoms with van der Waals surface area (Å²) >= 11 is 10.7. The van der Waals surface area contributed by atoms with Gasteiger partial charge in [0.05, 0.1) is 28.5 Å². The van der Waals surface area contributed by atoms with E-state index in [9.17, 15) is 9.59 Å². The lowest BCUT2D eigenvalue weighted by Gasteiger charge is -2.24. The van der Waals surface area contributed by atoms with Crippen molar-refractivity contribution in [1.82, 2.24) is 4.57 Å². The van der Waals surface area contributed by atoms with Crippen LogP contribution < -0.4 is 14.9 Å². The van der Waals surface area contributed by atoms with E-state index in [1.165, 1.54) is 11.3 Å². The van der Waals surface area contributed by atoms with E-state index >= 15 is 0 Å². The molecule has 1 unspecified atom stereocenters. The molecule has 1 aliphatic heterocycles. The second-order valence-electron chi connectivity index (χ2n) is 6.91. The Bertz CT molecular complexity index is 1360. The fourth-order valence-corrected chi connectivity index (χ4v) is 4.90. The summed E-state index contributed by atoms with van der Waals surface area (Å²) in [4.78, 5) is 31.4. The topological polar surface area (TPSA) is 60.7 Å². The predicted octanol–water partition coefficient (Wildman–Crippen LogP) is 4.21. The lowest BCUT2D eigenvalue weighted by Crippen LogP contribution is -2.39. The lowest BCUT2D eigenvalue weighted by molar-refractivity contribution is -0.139. The first-order chi connectivity index (χ1) is 14.9. The minimum Gasteiger partial charge on any atom is -0.463 e. The van der Waals surface area contributed by atoms with E-state index in [1.807, 2.05) is 42.5 Å². The van der Waals surface area contributed by atoms with E-state index in [1.54, 1.807) is 30.5 Å². The number of benzene rings is 2. The number of hydrogen-bond donors (Lipinski definition) is 0. The summed E-state index contributed by atoms with van der Waals surface area (Å²) in [5, 5.41) is 0.628. The molecule has 5 nitrogen and oxygen atoms in total. The minimum absolute atomic E-state index is 0.207. The van der Waals surface area contributed by atoms with Crippen LogP contribution in [0.4, 0.5) is 0 Å². The number of aromatic nitrogens is 1. The number of ether oxygens (including phenoxy) is 1. The van der Waals surface area contributed by atoms with Crippen LogP contribution in [0.3, 0.4) is 0 Å². The van der Waals surface area contributed by atoms with Gasteiger partial charge in [-0.05, 0) is 55.3 Å². The number of nitrogens with zero attached hydrogens (tertiary/aromatic N) is 2. The van der Waals surface area contributed by atoms with Gasteiger partial charge < -0.3 is 4.74 Å². The third-order valence-corrected chi connectivity index (χ3v) is 6.63. The minimum atomic E-state index is -0.615. The Morgan fingerprint density at radius 3 is 2.55 bits per heavy atom. The van der Waals surface area contributed by atoms with Crippen molar-refractivity contribution in [3.63, 3.8) is 0 Å². The molecular formula is C23H18BrClN2O3S. The average Bonchev–Trinajstić information content (AvgIpc) is 3.04. The van der Waals surface area contributed by atoms with Crippen molar-refractivity contribution in [3.05, 3.63) is 100 Å². The normalized spacial score (nSPS) is 16.1. The maximum absolute atomic E-state index is 13.4. The van der Waals surface area contributed by atoms with Gasteiger partial charge in [0.1, 0.15) is 0 Å². The summed E-state index contributed by atoms with van der Waals surface area (Å²) < 4.78 is 8.31. The van der Waals surface area contributed by atoms with Gasteiger partial charge in [-0.25, -0.2) is 9.79 Å². The Labute approximate surface area is 196 Å². The molecule has 2 heterocycles. The van der Waals surface area contributed by atoms with Crippen LogP contribution in [-0.2, 0) is 9.53 Å². The smallest absolute Gasteiger partial charge is 0.338 e. The van der Waals surface area contributed by atoms with E-state index in [2.05, 4.69) is 20.9 Å². The number of allylic oxidation sites excluding steroid dienone is 1. The number of thiazole rings is 1. The van der Waals surface area contributed by atoms with Crippen LogP contribution in [0, 0.1) is 0 Å². The molecule has 0 spiro atoms. The Kier molecular flexibility index (Phi) is 6.27. The van der Waals surface area contributed by atoms with Crippen LogP contribution >= 0.6 is 38.9 Å². The van der Waals surface area contributed by atoms with Crippen molar-refractivity contribution in [2.45, 2.75) is 19.9 Å². The molecule has 3 aromatic rings. The molecule has 158 valence electrons. The maximum atomic E-state index is 13.4. The zero-order valence-corrected chi connectivity index (χ0v) is 19.9.